The molecular formula is C13H18O4S. The Morgan fingerprint density at radius 3 is 2.33 bits per heavy atom. The maximum Gasteiger partial charge on any atom is 0.175 e. The van der Waals surface area contributed by atoms with Crippen molar-refractivity contribution in [1.29, 1.82) is 0 Å². The largest absolute Gasteiger partial charge is 0.488 e. The van der Waals surface area contributed by atoms with Gasteiger partial charge in [0.25, 0.3) is 0 Å². The molecule has 1 aliphatic rings. The molecule has 0 bridgehead atoms. The van der Waals surface area contributed by atoms with E-state index in [1.165, 1.54) is 18.4 Å². The van der Waals surface area contributed by atoms with Crippen molar-refractivity contribution in [3.63, 3.8) is 0 Å². The Balaban J connectivity index is 2.06. The number of rotatable bonds is 3. The lowest BCUT2D eigenvalue weighted by Crippen LogP contribution is -2.34. The molecule has 2 unspecified atom stereocenters. The molecule has 5 heteroatoms. The van der Waals surface area contributed by atoms with Gasteiger partial charge in [-0.1, -0.05) is 6.42 Å². The van der Waals surface area contributed by atoms with Gasteiger partial charge in [-0.3, -0.25) is 0 Å². The highest BCUT2D eigenvalue weighted by atomic mass is 32.2. The molecule has 0 heterocycles. The fourth-order valence-electron chi connectivity index (χ4n) is 2.15. The van der Waals surface area contributed by atoms with Crippen LogP contribution in [0.3, 0.4) is 0 Å². The van der Waals surface area contributed by atoms with Crippen molar-refractivity contribution in [3.05, 3.63) is 24.3 Å². The van der Waals surface area contributed by atoms with Crippen molar-refractivity contribution in [3.8, 4) is 5.75 Å². The van der Waals surface area contributed by atoms with Crippen LogP contribution in [-0.4, -0.2) is 32.0 Å². The van der Waals surface area contributed by atoms with E-state index in [9.17, 15) is 13.5 Å². The fraction of sp³-hybridized carbons (Fsp3) is 0.538. The summed E-state index contributed by atoms with van der Waals surface area (Å²) >= 11 is 0. The highest BCUT2D eigenvalue weighted by molar-refractivity contribution is 7.90. The van der Waals surface area contributed by atoms with E-state index < -0.39 is 15.9 Å². The molecule has 2 atom stereocenters. The fourth-order valence-corrected chi connectivity index (χ4v) is 2.79. The van der Waals surface area contributed by atoms with Crippen molar-refractivity contribution in [2.24, 2.45) is 0 Å². The average Bonchev–Trinajstić information content (AvgIpc) is 2.32. The second kappa shape index (κ2) is 5.28. The second-order valence-corrected chi connectivity index (χ2v) is 6.77. The molecule has 1 saturated carbocycles. The van der Waals surface area contributed by atoms with Gasteiger partial charge < -0.3 is 9.84 Å². The van der Waals surface area contributed by atoms with Gasteiger partial charge in [-0.15, -0.1) is 0 Å². The maximum absolute atomic E-state index is 11.3. The minimum Gasteiger partial charge on any atom is -0.488 e. The third kappa shape index (κ3) is 3.23. The Morgan fingerprint density at radius 1 is 1.17 bits per heavy atom. The van der Waals surface area contributed by atoms with Gasteiger partial charge in [-0.2, -0.15) is 0 Å². The quantitative estimate of drug-likeness (QED) is 0.909. The van der Waals surface area contributed by atoms with Crippen LogP contribution in [0.15, 0.2) is 29.2 Å². The van der Waals surface area contributed by atoms with Gasteiger partial charge in [0.1, 0.15) is 11.9 Å². The SMILES string of the molecule is CS(=O)(=O)c1ccc(OC2CCCCC2O)cc1. The van der Waals surface area contributed by atoms with Gasteiger partial charge >= 0.3 is 0 Å². The predicted octanol–water partition coefficient (Wildman–Crippen LogP) is 1.77. The molecule has 0 radical (unpaired) electrons. The van der Waals surface area contributed by atoms with E-state index in [0.29, 0.717) is 5.75 Å². The average molecular weight is 270 g/mol. The summed E-state index contributed by atoms with van der Waals surface area (Å²) < 4.78 is 28.3. The van der Waals surface area contributed by atoms with Crippen LogP contribution in [-0.2, 0) is 9.84 Å². The summed E-state index contributed by atoms with van der Waals surface area (Å²) in [5, 5.41) is 9.79. The number of aliphatic hydroxyl groups excluding tert-OH is 1. The molecular weight excluding hydrogens is 252 g/mol. The van der Waals surface area contributed by atoms with Crippen LogP contribution in [0.1, 0.15) is 25.7 Å². The van der Waals surface area contributed by atoms with E-state index in [0.717, 1.165) is 25.7 Å². The first kappa shape index (κ1) is 13.4. The second-order valence-electron chi connectivity index (χ2n) is 4.75. The summed E-state index contributed by atoms with van der Waals surface area (Å²) in [5.74, 6) is 0.605. The molecule has 4 nitrogen and oxygen atoms in total. The lowest BCUT2D eigenvalue weighted by molar-refractivity contribution is 0.00685. The molecule has 0 aliphatic heterocycles. The molecule has 0 aromatic heterocycles. The monoisotopic (exact) mass is 270 g/mol. The Morgan fingerprint density at radius 2 is 1.78 bits per heavy atom. The first-order chi connectivity index (χ1) is 8.47. The summed E-state index contributed by atoms with van der Waals surface area (Å²) in [6, 6.07) is 6.33. The third-order valence-corrected chi connectivity index (χ3v) is 4.34. The minimum atomic E-state index is -3.17. The maximum atomic E-state index is 11.3. The Bertz CT molecular complexity index is 492. The molecule has 1 aromatic carbocycles. The number of sulfone groups is 1. The van der Waals surface area contributed by atoms with Gasteiger partial charge in [0.05, 0.1) is 11.0 Å². The van der Waals surface area contributed by atoms with Gasteiger partial charge in [-0.05, 0) is 43.5 Å². The smallest absolute Gasteiger partial charge is 0.175 e. The zero-order chi connectivity index (χ0) is 13.2. The van der Waals surface area contributed by atoms with E-state index in [-0.39, 0.29) is 11.0 Å². The van der Waals surface area contributed by atoms with Gasteiger partial charge in [-0.25, -0.2) is 8.42 Å². The molecule has 2 rings (SSSR count). The summed E-state index contributed by atoms with van der Waals surface area (Å²) in [6.45, 7) is 0. The van der Waals surface area contributed by atoms with E-state index in [2.05, 4.69) is 0 Å². The summed E-state index contributed by atoms with van der Waals surface area (Å²) in [6.07, 6.45) is 4.28. The molecule has 0 amide bonds. The third-order valence-electron chi connectivity index (χ3n) is 3.21. The number of hydrogen-bond acceptors (Lipinski definition) is 4. The topological polar surface area (TPSA) is 63.6 Å². The molecule has 0 spiro atoms. The van der Waals surface area contributed by atoms with Crippen LogP contribution in [0.25, 0.3) is 0 Å². The Kier molecular flexibility index (Phi) is 3.92. The first-order valence-electron chi connectivity index (χ1n) is 6.11. The van der Waals surface area contributed by atoms with Crippen LogP contribution >= 0.6 is 0 Å². The number of ether oxygens (including phenoxy) is 1. The first-order valence-corrected chi connectivity index (χ1v) is 8.01. The molecule has 1 aromatic rings. The van der Waals surface area contributed by atoms with Crippen LogP contribution < -0.4 is 4.74 Å². The predicted molar refractivity (Wildman–Crippen MR) is 68.4 cm³/mol. The highest BCUT2D eigenvalue weighted by Gasteiger charge is 2.24. The van der Waals surface area contributed by atoms with Crippen LogP contribution in [0.5, 0.6) is 5.75 Å². The number of aliphatic hydroxyl groups is 1. The van der Waals surface area contributed by atoms with E-state index in [1.807, 2.05) is 0 Å². The molecule has 100 valence electrons. The minimum absolute atomic E-state index is 0.178. The van der Waals surface area contributed by atoms with Crippen molar-refractivity contribution >= 4 is 9.84 Å². The molecule has 1 aliphatic carbocycles. The summed E-state index contributed by atoms with van der Waals surface area (Å²) in [7, 11) is -3.17. The molecule has 18 heavy (non-hydrogen) atoms. The van der Waals surface area contributed by atoms with E-state index in [4.69, 9.17) is 4.74 Å². The lowest BCUT2D eigenvalue weighted by Gasteiger charge is -2.28. The molecule has 0 saturated heterocycles. The summed E-state index contributed by atoms with van der Waals surface area (Å²) in [4.78, 5) is 0.277. The normalized spacial score (nSPS) is 24.8. The van der Waals surface area contributed by atoms with E-state index in [1.54, 1.807) is 12.1 Å². The van der Waals surface area contributed by atoms with Gasteiger partial charge in [0.15, 0.2) is 9.84 Å². The number of benzene rings is 1. The van der Waals surface area contributed by atoms with Gasteiger partial charge in [0, 0.05) is 6.26 Å². The van der Waals surface area contributed by atoms with Gasteiger partial charge in [0.2, 0.25) is 0 Å². The number of hydrogen-bond donors (Lipinski definition) is 1. The molecule has 1 fully saturated rings. The van der Waals surface area contributed by atoms with Crippen molar-refractivity contribution in [1.82, 2.24) is 0 Å². The Labute approximate surface area is 108 Å². The zero-order valence-corrected chi connectivity index (χ0v) is 11.2. The molecule has 1 N–H and O–H groups in total. The van der Waals surface area contributed by atoms with Crippen molar-refractivity contribution < 1.29 is 18.3 Å². The Hall–Kier alpha value is -1.07. The lowest BCUT2D eigenvalue weighted by atomic mass is 9.95. The van der Waals surface area contributed by atoms with Crippen LogP contribution in [0, 0.1) is 0 Å². The zero-order valence-electron chi connectivity index (χ0n) is 10.4. The highest BCUT2D eigenvalue weighted by Crippen LogP contribution is 2.24. The van der Waals surface area contributed by atoms with Crippen LogP contribution in [0.4, 0.5) is 0 Å². The summed E-state index contributed by atoms with van der Waals surface area (Å²) in [5.41, 5.74) is 0. The van der Waals surface area contributed by atoms with Crippen molar-refractivity contribution in [2.45, 2.75) is 42.8 Å². The van der Waals surface area contributed by atoms with Crippen LogP contribution in [0.2, 0.25) is 0 Å². The van der Waals surface area contributed by atoms with E-state index >= 15 is 0 Å². The standard InChI is InChI=1S/C13H18O4S/c1-18(15,16)11-8-6-10(7-9-11)17-13-5-3-2-4-12(13)14/h6-9,12-14H,2-5H2,1H3. The van der Waals surface area contributed by atoms with Crippen molar-refractivity contribution in [2.75, 3.05) is 6.26 Å².